The Hall–Kier alpha value is -1.48. The number of benzene rings is 1. The van der Waals surface area contributed by atoms with Crippen molar-refractivity contribution < 1.29 is 9.52 Å². The van der Waals surface area contributed by atoms with Crippen LogP contribution in [0.5, 0.6) is 5.75 Å². The third-order valence-corrected chi connectivity index (χ3v) is 2.11. The fraction of sp³-hybridized carbons (Fsp3) is 0. The summed E-state index contributed by atoms with van der Waals surface area (Å²) in [6.45, 7) is 0. The van der Waals surface area contributed by atoms with Crippen LogP contribution in [-0.2, 0) is 0 Å². The maximum Gasteiger partial charge on any atom is 0.347 e. The first-order valence-electron chi connectivity index (χ1n) is 3.59. The minimum absolute atomic E-state index is 0.117. The number of hydrogen-bond donors (Lipinski definition) is 1. The summed E-state index contributed by atoms with van der Waals surface area (Å²) in [4.78, 5) is 11.2. The van der Waals surface area contributed by atoms with Gasteiger partial charge in [0.1, 0.15) is 11.1 Å². The highest BCUT2D eigenvalue weighted by Crippen LogP contribution is 2.27. The Labute approximate surface area is 78.2 Å². The lowest BCUT2D eigenvalue weighted by Gasteiger charge is -1.99. The molecule has 13 heavy (non-hydrogen) atoms. The largest absolute Gasteiger partial charge is 0.507 e. The number of aromatic hydroxyl groups is 1. The standard InChI is InChI=1S/C9H5ClO3/c10-6-1-2-7(11)8-5(6)3-4-13-9(8)12/h1-4,11H. The van der Waals surface area contributed by atoms with Gasteiger partial charge in [0.05, 0.1) is 6.26 Å². The minimum atomic E-state index is -0.586. The molecule has 1 aromatic heterocycles. The summed E-state index contributed by atoms with van der Waals surface area (Å²) >= 11 is 5.81. The van der Waals surface area contributed by atoms with E-state index in [0.29, 0.717) is 10.4 Å². The highest BCUT2D eigenvalue weighted by molar-refractivity contribution is 6.35. The zero-order valence-corrected chi connectivity index (χ0v) is 7.21. The van der Waals surface area contributed by atoms with Crippen molar-refractivity contribution in [3.05, 3.63) is 39.9 Å². The number of phenolic OH excluding ortho intramolecular Hbond substituents is 1. The van der Waals surface area contributed by atoms with Crippen LogP contribution < -0.4 is 5.63 Å². The van der Waals surface area contributed by atoms with Gasteiger partial charge in [-0.1, -0.05) is 11.6 Å². The van der Waals surface area contributed by atoms with Crippen molar-refractivity contribution in [3.8, 4) is 5.75 Å². The molecule has 0 aliphatic rings. The first-order chi connectivity index (χ1) is 6.20. The third-order valence-electron chi connectivity index (χ3n) is 1.78. The number of fused-ring (bicyclic) bond motifs is 1. The van der Waals surface area contributed by atoms with E-state index in [1.807, 2.05) is 0 Å². The van der Waals surface area contributed by atoms with Gasteiger partial charge in [0.15, 0.2) is 0 Å². The van der Waals surface area contributed by atoms with Gasteiger partial charge < -0.3 is 9.52 Å². The molecule has 0 aliphatic carbocycles. The fourth-order valence-corrected chi connectivity index (χ4v) is 1.40. The molecule has 3 nitrogen and oxygen atoms in total. The van der Waals surface area contributed by atoms with Gasteiger partial charge in [-0.2, -0.15) is 0 Å². The molecule has 0 amide bonds. The smallest absolute Gasteiger partial charge is 0.347 e. The average molecular weight is 197 g/mol. The van der Waals surface area contributed by atoms with Gasteiger partial charge >= 0.3 is 5.63 Å². The van der Waals surface area contributed by atoms with E-state index in [1.165, 1.54) is 18.4 Å². The topological polar surface area (TPSA) is 50.4 Å². The second-order valence-electron chi connectivity index (χ2n) is 2.56. The maximum absolute atomic E-state index is 11.2. The van der Waals surface area contributed by atoms with Crippen molar-refractivity contribution in [1.29, 1.82) is 0 Å². The van der Waals surface area contributed by atoms with Gasteiger partial charge in [-0.05, 0) is 18.2 Å². The van der Waals surface area contributed by atoms with Crippen molar-refractivity contribution in [3.63, 3.8) is 0 Å². The first-order valence-corrected chi connectivity index (χ1v) is 3.97. The average Bonchev–Trinajstić information content (AvgIpc) is 2.12. The molecule has 0 fully saturated rings. The molecule has 0 radical (unpaired) electrons. The number of phenols is 1. The Balaban J connectivity index is 3.09. The van der Waals surface area contributed by atoms with Crippen LogP contribution >= 0.6 is 11.6 Å². The Morgan fingerprint density at radius 2 is 2.08 bits per heavy atom. The lowest BCUT2D eigenvalue weighted by Crippen LogP contribution is -1.98. The van der Waals surface area contributed by atoms with E-state index in [2.05, 4.69) is 4.42 Å². The molecule has 0 atom stereocenters. The molecule has 1 N–H and O–H groups in total. The van der Waals surface area contributed by atoms with E-state index in [-0.39, 0.29) is 11.1 Å². The van der Waals surface area contributed by atoms with Gasteiger partial charge in [-0.25, -0.2) is 4.79 Å². The van der Waals surface area contributed by atoms with Crippen molar-refractivity contribution in [2.45, 2.75) is 0 Å². The molecule has 0 spiro atoms. The third kappa shape index (κ3) is 1.17. The van der Waals surface area contributed by atoms with Crippen LogP contribution in [0.3, 0.4) is 0 Å². The van der Waals surface area contributed by atoms with Gasteiger partial charge in [0, 0.05) is 10.4 Å². The summed E-state index contributed by atoms with van der Waals surface area (Å²) < 4.78 is 4.60. The van der Waals surface area contributed by atoms with Gasteiger partial charge in [-0.3, -0.25) is 0 Å². The van der Waals surface area contributed by atoms with E-state index in [0.717, 1.165) is 0 Å². The quantitative estimate of drug-likeness (QED) is 0.703. The zero-order chi connectivity index (χ0) is 9.42. The number of hydrogen-bond acceptors (Lipinski definition) is 3. The van der Waals surface area contributed by atoms with E-state index >= 15 is 0 Å². The van der Waals surface area contributed by atoms with Crippen LogP contribution in [0.15, 0.2) is 33.7 Å². The van der Waals surface area contributed by atoms with Gasteiger partial charge in [0.2, 0.25) is 0 Å². The molecule has 1 heterocycles. The molecule has 2 aromatic rings. The fourth-order valence-electron chi connectivity index (χ4n) is 1.18. The normalized spacial score (nSPS) is 10.5. The van der Waals surface area contributed by atoms with Crippen LogP contribution in [-0.4, -0.2) is 5.11 Å². The van der Waals surface area contributed by atoms with Crippen molar-refractivity contribution in [2.75, 3.05) is 0 Å². The van der Waals surface area contributed by atoms with E-state index in [4.69, 9.17) is 11.6 Å². The summed E-state index contributed by atoms with van der Waals surface area (Å²) in [5, 5.41) is 10.4. The lowest BCUT2D eigenvalue weighted by molar-refractivity contribution is 0.473. The molecule has 0 unspecified atom stereocenters. The summed E-state index contributed by atoms with van der Waals surface area (Å²) in [6, 6.07) is 4.43. The van der Waals surface area contributed by atoms with E-state index in [9.17, 15) is 9.90 Å². The molecule has 0 saturated heterocycles. The molecule has 4 heteroatoms. The van der Waals surface area contributed by atoms with Crippen molar-refractivity contribution in [2.24, 2.45) is 0 Å². The second-order valence-corrected chi connectivity index (χ2v) is 2.97. The minimum Gasteiger partial charge on any atom is -0.507 e. The predicted molar refractivity (Wildman–Crippen MR) is 49.2 cm³/mol. The highest BCUT2D eigenvalue weighted by atomic mass is 35.5. The summed E-state index contributed by atoms with van der Waals surface area (Å²) in [5.74, 6) is -0.117. The van der Waals surface area contributed by atoms with Gasteiger partial charge in [0.25, 0.3) is 0 Å². The summed E-state index contributed by atoms with van der Waals surface area (Å²) in [5.41, 5.74) is -0.586. The number of halogens is 1. The van der Waals surface area contributed by atoms with Crippen LogP contribution in [0.2, 0.25) is 5.02 Å². The molecular weight excluding hydrogens is 192 g/mol. The highest BCUT2D eigenvalue weighted by Gasteiger charge is 2.07. The Bertz CT molecular complexity index is 516. The molecule has 66 valence electrons. The van der Waals surface area contributed by atoms with Crippen molar-refractivity contribution >= 4 is 22.4 Å². The molecule has 0 bridgehead atoms. The number of rotatable bonds is 0. The molecule has 1 aromatic carbocycles. The van der Waals surface area contributed by atoms with Crippen LogP contribution in [0.4, 0.5) is 0 Å². The Kier molecular flexibility index (Phi) is 1.74. The van der Waals surface area contributed by atoms with E-state index < -0.39 is 5.63 Å². The Morgan fingerprint density at radius 3 is 2.77 bits per heavy atom. The van der Waals surface area contributed by atoms with E-state index in [1.54, 1.807) is 6.07 Å². The van der Waals surface area contributed by atoms with Crippen LogP contribution in [0.25, 0.3) is 10.8 Å². The monoisotopic (exact) mass is 196 g/mol. The molecular formula is C9H5ClO3. The first kappa shape index (κ1) is 8.13. The SMILES string of the molecule is O=c1occc2c(Cl)ccc(O)c12. The van der Waals surface area contributed by atoms with Crippen LogP contribution in [0, 0.1) is 0 Å². The Morgan fingerprint density at radius 1 is 1.31 bits per heavy atom. The van der Waals surface area contributed by atoms with Crippen molar-refractivity contribution in [1.82, 2.24) is 0 Å². The van der Waals surface area contributed by atoms with Crippen LogP contribution in [0.1, 0.15) is 0 Å². The molecule has 0 aliphatic heterocycles. The molecule has 0 saturated carbocycles. The maximum atomic E-state index is 11.2. The summed E-state index contributed by atoms with van der Waals surface area (Å²) in [7, 11) is 0. The zero-order valence-electron chi connectivity index (χ0n) is 6.45. The lowest BCUT2D eigenvalue weighted by atomic mass is 10.2. The second kappa shape index (κ2) is 2.78. The predicted octanol–water partition coefficient (Wildman–Crippen LogP) is 2.15. The van der Waals surface area contributed by atoms with Gasteiger partial charge in [-0.15, -0.1) is 0 Å². The summed E-state index contributed by atoms with van der Waals surface area (Å²) in [6.07, 6.45) is 1.25. The molecule has 2 rings (SSSR count).